The highest BCUT2D eigenvalue weighted by molar-refractivity contribution is 6.01. The van der Waals surface area contributed by atoms with Crippen LogP contribution < -0.4 is 0 Å². The van der Waals surface area contributed by atoms with E-state index in [1.165, 1.54) is 0 Å². The number of benzene rings is 1. The molecule has 0 bridgehead atoms. The molecule has 3 rings (SSSR count). The first-order valence-electron chi connectivity index (χ1n) is 9.68. The molecule has 0 aliphatic carbocycles. The standard InChI is InChI=1S/C22H28N2O4/c1-6-27-20(25)19-14(2)24(21(26)28-22(3,4)5)12-10-17(19)16-8-7-15-9-11-23-18(15)13-16/h7-9,11,13-14,23H,6,10,12H2,1-5H3/t14-/m1/s1. The Bertz CT molecular complexity index is 920. The van der Waals surface area contributed by atoms with Crippen LogP contribution in [0.1, 0.15) is 46.6 Å². The van der Waals surface area contributed by atoms with Crippen molar-refractivity contribution in [1.29, 1.82) is 0 Å². The number of aromatic amines is 1. The van der Waals surface area contributed by atoms with E-state index in [1.807, 2.05) is 58.2 Å². The molecule has 0 saturated carbocycles. The van der Waals surface area contributed by atoms with Gasteiger partial charge in [0.25, 0.3) is 0 Å². The highest BCUT2D eigenvalue weighted by Crippen LogP contribution is 2.34. The fourth-order valence-corrected chi connectivity index (χ4v) is 3.58. The van der Waals surface area contributed by atoms with Crippen LogP contribution >= 0.6 is 0 Å². The molecule has 1 aromatic carbocycles. The Kier molecular flexibility index (Phi) is 5.49. The number of ether oxygens (including phenoxy) is 2. The summed E-state index contributed by atoms with van der Waals surface area (Å²) in [6.07, 6.45) is 2.04. The quantitative estimate of drug-likeness (QED) is 0.790. The van der Waals surface area contributed by atoms with Crippen LogP contribution in [-0.2, 0) is 14.3 Å². The van der Waals surface area contributed by atoms with Gasteiger partial charge in [-0.3, -0.25) is 0 Å². The first kappa shape index (κ1) is 20.0. The molecule has 0 fully saturated rings. The van der Waals surface area contributed by atoms with Crippen LogP contribution in [0.2, 0.25) is 0 Å². The topological polar surface area (TPSA) is 71.6 Å². The van der Waals surface area contributed by atoms with Gasteiger partial charge in [0.1, 0.15) is 5.60 Å². The maximum atomic E-state index is 12.8. The third-order valence-corrected chi connectivity index (χ3v) is 4.84. The Balaban J connectivity index is 2.01. The van der Waals surface area contributed by atoms with E-state index in [9.17, 15) is 9.59 Å². The predicted molar refractivity (Wildman–Crippen MR) is 109 cm³/mol. The molecule has 1 atom stereocenters. The van der Waals surface area contributed by atoms with E-state index >= 15 is 0 Å². The van der Waals surface area contributed by atoms with Gasteiger partial charge in [0.15, 0.2) is 0 Å². The van der Waals surface area contributed by atoms with Gasteiger partial charge in [0, 0.05) is 18.3 Å². The minimum absolute atomic E-state index is 0.282. The number of esters is 1. The molecular formula is C22H28N2O4. The number of carbonyl (C=O) groups excluding carboxylic acids is 2. The van der Waals surface area contributed by atoms with Gasteiger partial charge >= 0.3 is 12.1 Å². The van der Waals surface area contributed by atoms with Crippen molar-refractivity contribution in [2.24, 2.45) is 0 Å². The van der Waals surface area contributed by atoms with Crippen LogP contribution in [0.3, 0.4) is 0 Å². The summed E-state index contributed by atoms with van der Waals surface area (Å²) in [5, 5.41) is 1.11. The Morgan fingerprint density at radius 1 is 1.25 bits per heavy atom. The Labute approximate surface area is 165 Å². The van der Waals surface area contributed by atoms with Gasteiger partial charge in [-0.25, -0.2) is 9.59 Å². The van der Waals surface area contributed by atoms with Crippen molar-refractivity contribution in [3.05, 3.63) is 41.6 Å². The van der Waals surface area contributed by atoms with Crippen molar-refractivity contribution >= 4 is 28.5 Å². The van der Waals surface area contributed by atoms with E-state index in [0.717, 1.165) is 22.0 Å². The Morgan fingerprint density at radius 2 is 2.00 bits per heavy atom. The molecule has 1 aromatic heterocycles. The van der Waals surface area contributed by atoms with Gasteiger partial charge in [-0.1, -0.05) is 12.1 Å². The summed E-state index contributed by atoms with van der Waals surface area (Å²) >= 11 is 0. The zero-order chi connectivity index (χ0) is 20.5. The lowest BCUT2D eigenvalue weighted by molar-refractivity contribution is -0.139. The zero-order valence-electron chi connectivity index (χ0n) is 17.2. The van der Waals surface area contributed by atoms with Crippen LogP contribution in [0, 0.1) is 0 Å². The summed E-state index contributed by atoms with van der Waals surface area (Å²) < 4.78 is 10.9. The number of carbonyl (C=O) groups is 2. The average molecular weight is 384 g/mol. The van der Waals surface area contributed by atoms with Gasteiger partial charge in [0.05, 0.1) is 18.2 Å². The maximum Gasteiger partial charge on any atom is 0.410 e. The highest BCUT2D eigenvalue weighted by Gasteiger charge is 2.36. The highest BCUT2D eigenvalue weighted by atomic mass is 16.6. The van der Waals surface area contributed by atoms with Gasteiger partial charge in [-0.2, -0.15) is 0 Å². The molecular weight excluding hydrogens is 356 g/mol. The number of fused-ring (bicyclic) bond motifs is 1. The summed E-state index contributed by atoms with van der Waals surface area (Å²) in [5.74, 6) is -0.384. The molecule has 2 aromatic rings. The predicted octanol–water partition coefficient (Wildman–Crippen LogP) is 4.51. The molecule has 0 saturated heterocycles. The van der Waals surface area contributed by atoms with Crippen molar-refractivity contribution in [3.63, 3.8) is 0 Å². The van der Waals surface area contributed by atoms with Crippen LogP contribution in [0.15, 0.2) is 36.0 Å². The summed E-state index contributed by atoms with van der Waals surface area (Å²) in [7, 11) is 0. The average Bonchev–Trinajstić information content (AvgIpc) is 3.07. The van der Waals surface area contributed by atoms with Gasteiger partial charge in [-0.05, 0) is 69.7 Å². The lowest BCUT2D eigenvalue weighted by atomic mass is 9.88. The van der Waals surface area contributed by atoms with E-state index in [-0.39, 0.29) is 12.6 Å². The van der Waals surface area contributed by atoms with Crippen LogP contribution in [0.25, 0.3) is 16.5 Å². The second-order valence-corrected chi connectivity index (χ2v) is 7.99. The number of hydrogen-bond donors (Lipinski definition) is 1. The number of nitrogens with one attached hydrogen (secondary N) is 1. The minimum Gasteiger partial charge on any atom is -0.463 e. The normalized spacial score (nSPS) is 17.8. The largest absolute Gasteiger partial charge is 0.463 e. The fraction of sp³-hybridized carbons (Fsp3) is 0.455. The van der Waals surface area contributed by atoms with E-state index < -0.39 is 17.7 Å². The number of H-pyrrole nitrogens is 1. The molecule has 6 heteroatoms. The maximum absolute atomic E-state index is 12.8. The molecule has 2 heterocycles. The lowest BCUT2D eigenvalue weighted by Gasteiger charge is -2.37. The van der Waals surface area contributed by atoms with Crippen molar-refractivity contribution in [2.75, 3.05) is 13.2 Å². The molecule has 1 amide bonds. The summed E-state index contributed by atoms with van der Waals surface area (Å²) in [5.41, 5.74) is 2.82. The van der Waals surface area contributed by atoms with E-state index in [2.05, 4.69) is 4.98 Å². The molecule has 1 N–H and O–H groups in total. The Morgan fingerprint density at radius 3 is 2.68 bits per heavy atom. The number of aromatic nitrogens is 1. The molecule has 0 unspecified atom stereocenters. The van der Waals surface area contributed by atoms with E-state index in [1.54, 1.807) is 11.8 Å². The first-order valence-corrected chi connectivity index (χ1v) is 9.68. The summed E-state index contributed by atoms with van der Waals surface area (Å²) in [6, 6.07) is 7.66. The molecule has 0 spiro atoms. The van der Waals surface area contributed by atoms with Gasteiger partial charge in [0.2, 0.25) is 0 Å². The summed E-state index contributed by atoms with van der Waals surface area (Å²) in [6.45, 7) is 9.89. The lowest BCUT2D eigenvalue weighted by Crippen LogP contribution is -2.47. The molecule has 6 nitrogen and oxygen atoms in total. The zero-order valence-corrected chi connectivity index (χ0v) is 17.2. The Hall–Kier alpha value is -2.76. The number of nitrogens with zero attached hydrogens (tertiary/aromatic N) is 1. The molecule has 1 aliphatic heterocycles. The monoisotopic (exact) mass is 384 g/mol. The van der Waals surface area contributed by atoms with Gasteiger partial charge in [-0.15, -0.1) is 0 Å². The molecule has 1 aliphatic rings. The molecule has 28 heavy (non-hydrogen) atoms. The number of hydrogen-bond acceptors (Lipinski definition) is 4. The van der Waals surface area contributed by atoms with Crippen molar-refractivity contribution < 1.29 is 19.1 Å². The molecule has 0 radical (unpaired) electrons. The van der Waals surface area contributed by atoms with Crippen LogP contribution in [0.4, 0.5) is 4.79 Å². The minimum atomic E-state index is -0.594. The molecule has 150 valence electrons. The third-order valence-electron chi connectivity index (χ3n) is 4.84. The van der Waals surface area contributed by atoms with E-state index in [0.29, 0.717) is 18.5 Å². The summed E-state index contributed by atoms with van der Waals surface area (Å²) in [4.78, 5) is 30.3. The second kappa shape index (κ2) is 7.70. The van der Waals surface area contributed by atoms with Crippen LogP contribution in [-0.4, -0.2) is 46.7 Å². The second-order valence-electron chi connectivity index (χ2n) is 7.99. The first-order chi connectivity index (χ1) is 13.2. The smallest absolute Gasteiger partial charge is 0.410 e. The van der Waals surface area contributed by atoms with Crippen LogP contribution in [0.5, 0.6) is 0 Å². The van der Waals surface area contributed by atoms with Crippen molar-refractivity contribution in [1.82, 2.24) is 9.88 Å². The number of rotatable bonds is 3. The SMILES string of the molecule is CCOC(=O)C1=C(c2ccc3cc[nH]c3c2)CCN(C(=O)OC(C)(C)C)[C@@H]1C. The number of amides is 1. The van der Waals surface area contributed by atoms with Crippen molar-refractivity contribution in [3.8, 4) is 0 Å². The van der Waals surface area contributed by atoms with E-state index in [4.69, 9.17) is 9.47 Å². The fourth-order valence-electron chi connectivity index (χ4n) is 3.58. The van der Waals surface area contributed by atoms with Crippen molar-refractivity contribution in [2.45, 2.75) is 52.7 Å². The third kappa shape index (κ3) is 4.06. The van der Waals surface area contributed by atoms with Gasteiger partial charge < -0.3 is 19.4 Å².